The summed E-state index contributed by atoms with van der Waals surface area (Å²) >= 11 is 0. The van der Waals surface area contributed by atoms with Crippen molar-refractivity contribution >= 4 is 17.8 Å². The summed E-state index contributed by atoms with van der Waals surface area (Å²) in [7, 11) is 0. The number of epoxide rings is 1. The predicted octanol–water partition coefficient (Wildman–Crippen LogP) is 4.52. The molecule has 0 saturated carbocycles. The highest BCUT2D eigenvalue weighted by Crippen LogP contribution is 2.45. The molecule has 2 aromatic carbocycles. The van der Waals surface area contributed by atoms with Crippen LogP contribution in [0.25, 0.3) is 0 Å². The highest BCUT2D eigenvalue weighted by molar-refractivity contribution is 5.93. The molecule has 1 fully saturated rings. The number of aromatic hydroxyl groups is 1. The molecule has 0 aliphatic carbocycles. The number of amides is 2. The highest BCUT2D eigenvalue weighted by atomic mass is 16.6. The molecule has 6 atom stereocenters. The number of ether oxygens (including phenoxy) is 3. The van der Waals surface area contributed by atoms with Crippen LogP contribution < -0.4 is 10.6 Å². The van der Waals surface area contributed by atoms with E-state index in [0.717, 1.165) is 11.1 Å². The second-order valence-corrected chi connectivity index (χ2v) is 11.6. The van der Waals surface area contributed by atoms with Gasteiger partial charge in [-0.05, 0) is 41.7 Å². The van der Waals surface area contributed by atoms with Gasteiger partial charge in [0.15, 0.2) is 6.10 Å². The van der Waals surface area contributed by atoms with Crippen LogP contribution in [0.4, 0.5) is 0 Å². The van der Waals surface area contributed by atoms with E-state index in [4.69, 9.17) is 14.2 Å². The second-order valence-electron chi connectivity index (χ2n) is 11.6. The first-order valence-electron chi connectivity index (χ1n) is 14.9. The van der Waals surface area contributed by atoms with Crippen LogP contribution in [-0.4, -0.2) is 53.8 Å². The lowest BCUT2D eigenvalue weighted by Crippen LogP contribution is -2.48. The molecule has 3 N–H and O–H groups in total. The molecule has 9 heteroatoms. The van der Waals surface area contributed by atoms with Crippen LogP contribution in [0.5, 0.6) is 5.75 Å². The van der Waals surface area contributed by atoms with E-state index in [9.17, 15) is 19.5 Å². The van der Waals surface area contributed by atoms with Crippen molar-refractivity contribution in [2.24, 2.45) is 11.8 Å². The van der Waals surface area contributed by atoms with Gasteiger partial charge in [-0.2, -0.15) is 0 Å². The van der Waals surface area contributed by atoms with Gasteiger partial charge < -0.3 is 30.0 Å². The maximum atomic E-state index is 13.1. The van der Waals surface area contributed by atoms with E-state index < -0.39 is 36.0 Å². The van der Waals surface area contributed by atoms with Crippen LogP contribution in [-0.2, 0) is 35.0 Å². The van der Waals surface area contributed by atoms with E-state index in [-0.39, 0.29) is 49.2 Å². The third kappa shape index (κ3) is 9.44. The lowest BCUT2D eigenvalue weighted by molar-refractivity contribution is -0.150. The molecule has 2 aliphatic heterocycles. The predicted molar refractivity (Wildman–Crippen MR) is 162 cm³/mol. The van der Waals surface area contributed by atoms with Crippen LogP contribution in [0.2, 0.25) is 0 Å². The van der Waals surface area contributed by atoms with Crippen molar-refractivity contribution < 1.29 is 33.7 Å². The zero-order chi connectivity index (χ0) is 30.9. The van der Waals surface area contributed by atoms with Crippen LogP contribution in [0.1, 0.15) is 57.3 Å². The van der Waals surface area contributed by atoms with E-state index >= 15 is 0 Å². The average Bonchev–Trinajstić information content (AvgIpc) is 3.77. The van der Waals surface area contributed by atoms with Gasteiger partial charge in [0, 0.05) is 25.3 Å². The molecule has 0 bridgehead atoms. The van der Waals surface area contributed by atoms with Crippen LogP contribution in [0, 0.1) is 11.8 Å². The Hall–Kier alpha value is -4.11. The number of hydrogen-bond donors (Lipinski definition) is 3. The van der Waals surface area contributed by atoms with Crippen molar-refractivity contribution in [2.45, 2.75) is 76.9 Å². The third-order valence-electron chi connectivity index (χ3n) is 7.65. The SMILES string of the molecule is C=C1O[C@H](C(C)C2OC2c2ccccc2)C/C=C/C(=O)N[C@H](Cc2ccc(O)cc2)C(=O)NCCC(=O)O[C@H]1CC(C)C. The van der Waals surface area contributed by atoms with Crippen molar-refractivity contribution in [1.82, 2.24) is 10.6 Å². The molecular formula is C34H42N2O7. The fraction of sp³-hybridized carbons (Fsp3) is 0.441. The van der Waals surface area contributed by atoms with Crippen molar-refractivity contribution in [3.8, 4) is 5.75 Å². The Morgan fingerprint density at radius 3 is 2.42 bits per heavy atom. The molecule has 0 spiro atoms. The molecule has 0 aromatic heterocycles. The van der Waals surface area contributed by atoms with E-state index in [1.807, 2.05) is 51.1 Å². The summed E-state index contributed by atoms with van der Waals surface area (Å²) in [6.45, 7) is 10.3. The molecule has 3 unspecified atom stereocenters. The number of phenols is 1. The number of cyclic esters (lactones) is 1. The first-order valence-corrected chi connectivity index (χ1v) is 14.9. The van der Waals surface area contributed by atoms with Crippen LogP contribution >= 0.6 is 0 Å². The molecular weight excluding hydrogens is 548 g/mol. The molecule has 230 valence electrons. The summed E-state index contributed by atoms with van der Waals surface area (Å²) in [5.41, 5.74) is 1.84. The number of nitrogens with one attached hydrogen (secondary N) is 2. The summed E-state index contributed by atoms with van der Waals surface area (Å²) < 4.78 is 18.2. The first kappa shape index (κ1) is 31.8. The minimum Gasteiger partial charge on any atom is -0.508 e. The molecule has 2 heterocycles. The van der Waals surface area contributed by atoms with E-state index in [1.54, 1.807) is 18.2 Å². The Labute approximate surface area is 253 Å². The Morgan fingerprint density at radius 1 is 1.00 bits per heavy atom. The molecule has 2 aliphatic rings. The van der Waals surface area contributed by atoms with Crippen LogP contribution in [0.3, 0.4) is 0 Å². The lowest BCUT2D eigenvalue weighted by Gasteiger charge is -2.29. The minimum absolute atomic E-state index is 0.0384. The minimum atomic E-state index is -0.892. The summed E-state index contributed by atoms with van der Waals surface area (Å²) in [6, 6.07) is 15.5. The number of rotatable bonds is 7. The molecule has 2 aromatic rings. The molecule has 43 heavy (non-hydrogen) atoms. The summed E-state index contributed by atoms with van der Waals surface area (Å²) in [5, 5.41) is 15.1. The van der Waals surface area contributed by atoms with Gasteiger partial charge in [-0.1, -0.05) is 75.9 Å². The van der Waals surface area contributed by atoms with Gasteiger partial charge in [-0.15, -0.1) is 0 Å². The van der Waals surface area contributed by atoms with Gasteiger partial charge in [-0.3, -0.25) is 14.4 Å². The van der Waals surface area contributed by atoms with Crippen molar-refractivity contribution in [1.29, 1.82) is 0 Å². The monoisotopic (exact) mass is 590 g/mol. The molecule has 1 saturated heterocycles. The van der Waals surface area contributed by atoms with Gasteiger partial charge >= 0.3 is 5.97 Å². The number of benzene rings is 2. The average molecular weight is 591 g/mol. The standard InChI is InChI=1S/C34H42N2O7/c1-21(2)19-29-23(4)41-28(22(3)32-33(43-32)25-9-6-5-7-10-25)11-8-12-30(38)36-27(20-24-13-15-26(37)16-14-24)34(40)35-18-17-31(39)42-29/h5-10,12-16,21-22,27-29,32-33,37H,4,11,17-20H2,1-3H3,(H,35,40)(H,36,38)/b12-8+/t22?,27-,28+,29+,32?,33?/m1/s1. The van der Waals surface area contributed by atoms with Gasteiger partial charge in [-0.25, -0.2) is 0 Å². The van der Waals surface area contributed by atoms with Gasteiger partial charge in [0.05, 0.1) is 12.5 Å². The van der Waals surface area contributed by atoms with Crippen molar-refractivity contribution in [3.05, 3.63) is 90.2 Å². The van der Waals surface area contributed by atoms with Crippen molar-refractivity contribution in [3.63, 3.8) is 0 Å². The smallest absolute Gasteiger partial charge is 0.308 e. The number of hydrogen-bond acceptors (Lipinski definition) is 7. The quantitative estimate of drug-likeness (QED) is 0.320. The zero-order valence-electron chi connectivity index (χ0n) is 25.0. The lowest BCUT2D eigenvalue weighted by atomic mass is 9.93. The topological polar surface area (TPSA) is 126 Å². The first-order chi connectivity index (χ1) is 20.6. The number of esters is 1. The van der Waals surface area contributed by atoms with Gasteiger partial charge in [0.2, 0.25) is 11.8 Å². The Balaban J connectivity index is 1.54. The van der Waals surface area contributed by atoms with Crippen LogP contribution in [0.15, 0.2) is 79.1 Å². The highest BCUT2D eigenvalue weighted by Gasteiger charge is 2.47. The van der Waals surface area contributed by atoms with E-state index in [0.29, 0.717) is 18.6 Å². The Kier molecular flexibility index (Phi) is 11.0. The van der Waals surface area contributed by atoms with E-state index in [2.05, 4.69) is 17.2 Å². The fourth-order valence-corrected chi connectivity index (χ4v) is 5.19. The molecule has 4 rings (SSSR count). The Bertz CT molecular complexity index is 1290. The van der Waals surface area contributed by atoms with Gasteiger partial charge in [0.1, 0.15) is 29.8 Å². The van der Waals surface area contributed by atoms with E-state index in [1.165, 1.54) is 18.2 Å². The normalized spacial score (nSPS) is 26.9. The maximum absolute atomic E-state index is 13.1. The maximum Gasteiger partial charge on any atom is 0.308 e. The Morgan fingerprint density at radius 2 is 1.72 bits per heavy atom. The van der Waals surface area contributed by atoms with Crippen molar-refractivity contribution in [2.75, 3.05) is 6.54 Å². The number of phenolic OH excluding ortho intramolecular Hbond substituents is 1. The number of carbonyl (C=O) groups is 3. The fourth-order valence-electron chi connectivity index (χ4n) is 5.19. The zero-order valence-corrected chi connectivity index (χ0v) is 25.0. The van der Waals surface area contributed by atoms with Gasteiger partial charge in [0.25, 0.3) is 0 Å². The third-order valence-corrected chi connectivity index (χ3v) is 7.65. The summed E-state index contributed by atoms with van der Waals surface area (Å²) in [4.78, 5) is 38.8. The largest absolute Gasteiger partial charge is 0.508 e. The molecule has 9 nitrogen and oxygen atoms in total. The summed E-state index contributed by atoms with van der Waals surface area (Å²) in [6.07, 6.45) is 2.96. The summed E-state index contributed by atoms with van der Waals surface area (Å²) in [5.74, 6) is -0.758. The number of carbonyl (C=O) groups excluding carboxylic acids is 3. The molecule has 2 amide bonds. The molecule has 0 radical (unpaired) electrons. The second kappa shape index (κ2) is 14.9.